The maximum Gasteiger partial charge on any atom is 0.273 e. The van der Waals surface area contributed by atoms with Gasteiger partial charge in [-0.15, -0.1) is 16.8 Å². The number of nitrogens with zero attached hydrogens (tertiary/aromatic N) is 4. The van der Waals surface area contributed by atoms with Crippen LogP contribution in [0.15, 0.2) is 42.1 Å². The van der Waals surface area contributed by atoms with Gasteiger partial charge >= 0.3 is 0 Å². The van der Waals surface area contributed by atoms with E-state index in [1.54, 1.807) is 18.2 Å². The summed E-state index contributed by atoms with van der Waals surface area (Å²) in [5.41, 5.74) is 0.0199. The molecule has 0 radical (unpaired) electrons. The van der Waals surface area contributed by atoms with Crippen molar-refractivity contribution in [3.05, 3.63) is 52.9 Å². The van der Waals surface area contributed by atoms with Gasteiger partial charge in [-0.1, -0.05) is 23.9 Å². The largest absolute Gasteiger partial charge is 0.492 e. The van der Waals surface area contributed by atoms with Gasteiger partial charge in [-0.25, -0.2) is 0 Å². The van der Waals surface area contributed by atoms with Gasteiger partial charge in [0.05, 0.1) is 17.6 Å². The van der Waals surface area contributed by atoms with E-state index in [1.807, 2.05) is 11.5 Å². The van der Waals surface area contributed by atoms with Crippen molar-refractivity contribution >= 4 is 17.4 Å². The first-order chi connectivity index (χ1) is 10.6. The molecule has 0 aliphatic carbocycles. The van der Waals surface area contributed by atoms with Crippen LogP contribution in [0.2, 0.25) is 0 Å². The van der Waals surface area contributed by atoms with Gasteiger partial charge in [0.2, 0.25) is 0 Å². The van der Waals surface area contributed by atoms with Crippen molar-refractivity contribution in [2.24, 2.45) is 0 Å². The lowest BCUT2D eigenvalue weighted by Gasteiger charge is -2.07. The van der Waals surface area contributed by atoms with Gasteiger partial charge in [-0.2, -0.15) is 0 Å². The first-order valence-electron chi connectivity index (χ1n) is 6.62. The molecule has 0 bridgehead atoms. The lowest BCUT2D eigenvalue weighted by molar-refractivity contribution is -0.384. The van der Waals surface area contributed by atoms with Crippen molar-refractivity contribution in [2.75, 3.05) is 12.4 Å². The highest BCUT2D eigenvalue weighted by atomic mass is 32.2. The molecule has 0 unspecified atom stereocenters. The van der Waals surface area contributed by atoms with Crippen molar-refractivity contribution < 1.29 is 9.66 Å². The molecule has 0 amide bonds. The highest BCUT2D eigenvalue weighted by molar-refractivity contribution is 7.99. The molecule has 0 fully saturated rings. The summed E-state index contributed by atoms with van der Waals surface area (Å²) in [5.74, 6) is 1.98. The highest BCUT2D eigenvalue weighted by Crippen LogP contribution is 2.20. The van der Waals surface area contributed by atoms with Crippen LogP contribution in [0.4, 0.5) is 5.69 Å². The van der Waals surface area contributed by atoms with E-state index in [4.69, 9.17) is 4.74 Å². The summed E-state index contributed by atoms with van der Waals surface area (Å²) >= 11 is 1.52. The molecule has 7 nitrogen and oxygen atoms in total. The highest BCUT2D eigenvalue weighted by Gasteiger charge is 2.09. The van der Waals surface area contributed by atoms with Gasteiger partial charge < -0.3 is 9.30 Å². The first-order valence-corrected chi connectivity index (χ1v) is 7.61. The lowest BCUT2D eigenvalue weighted by atomic mass is 10.3. The first kappa shape index (κ1) is 16.0. The Morgan fingerprint density at radius 1 is 1.50 bits per heavy atom. The van der Waals surface area contributed by atoms with Gasteiger partial charge in [0, 0.05) is 18.4 Å². The molecule has 0 saturated heterocycles. The number of aromatic nitrogens is 3. The second-order valence-electron chi connectivity index (χ2n) is 4.38. The van der Waals surface area contributed by atoms with E-state index in [0.29, 0.717) is 24.7 Å². The van der Waals surface area contributed by atoms with E-state index in [1.165, 1.54) is 23.9 Å². The quantitative estimate of drug-likeness (QED) is 0.244. The zero-order chi connectivity index (χ0) is 15.9. The van der Waals surface area contributed by atoms with E-state index < -0.39 is 4.92 Å². The van der Waals surface area contributed by atoms with Gasteiger partial charge in [0.25, 0.3) is 5.69 Å². The predicted molar refractivity (Wildman–Crippen MR) is 84.3 cm³/mol. The molecule has 8 heteroatoms. The van der Waals surface area contributed by atoms with Crippen molar-refractivity contribution in [1.29, 1.82) is 0 Å². The topological polar surface area (TPSA) is 83.1 Å². The number of thioether (sulfide) groups is 1. The zero-order valence-electron chi connectivity index (χ0n) is 12.1. The minimum atomic E-state index is -0.442. The molecule has 0 aliphatic heterocycles. The van der Waals surface area contributed by atoms with Crippen molar-refractivity contribution in [3.63, 3.8) is 0 Å². The average molecular weight is 320 g/mol. The van der Waals surface area contributed by atoms with E-state index in [9.17, 15) is 10.1 Å². The number of aryl methyl sites for hydroxylation is 1. The Morgan fingerprint density at radius 2 is 2.32 bits per heavy atom. The summed E-state index contributed by atoms with van der Waals surface area (Å²) in [6.45, 7) is 6.68. The van der Waals surface area contributed by atoms with Crippen molar-refractivity contribution in [2.45, 2.75) is 18.6 Å². The number of benzene rings is 1. The summed E-state index contributed by atoms with van der Waals surface area (Å²) in [5, 5.41) is 19.6. The smallest absolute Gasteiger partial charge is 0.273 e. The fourth-order valence-electron chi connectivity index (χ4n) is 1.79. The Balaban J connectivity index is 1.86. The number of allylic oxidation sites excluding steroid dienone is 1. The summed E-state index contributed by atoms with van der Waals surface area (Å²) in [4.78, 5) is 10.2. The molecule has 0 aliphatic rings. The number of non-ortho nitro benzene ring substituents is 1. The van der Waals surface area contributed by atoms with Crippen LogP contribution in [0, 0.1) is 17.0 Å². The normalized spacial score (nSPS) is 10.4. The van der Waals surface area contributed by atoms with E-state index in [0.717, 1.165) is 11.0 Å². The minimum absolute atomic E-state index is 0.0199. The standard InChI is InChI=1S/C14H16N4O3S/c1-3-7-17-11(2)15-16-14(17)22-9-8-21-13-6-4-5-12(10-13)18(19)20/h3-6,10H,1,7-9H2,2H3. The Labute approximate surface area is 132 Å². The molecule has 22 heavy (non-hydrogen) atoms. The Bertz CT molecular complexity index is 672. The number of ether oxygens (including phenoxy) is 1. The third-order valence-electron chi connectivity index (χ3n) is 2.83. The maximum absolute atomic E-state index is 10.7. The van der Waals surface area contributed by atoms with Crippen molar-refractivity contribution in [3.8, 4) is 5.75 Å². The van der Waals surface area contributed by atoms with Gasteiger partial charge in [-0.3, -0.25) is 10.1 Å². The molecule has 1 aromatic carbocycles. The predicted octanol–water partition coefficient (Wildman–Crippen LogP) is 2.85. The fourth-order valence-corrected chi connectivity index (χ4v) is 2.60. The molecule has 0 atom stereocenters. The number of nitro benzene ring substituents is 1. The van der Waals surface area contributed by atoms with Gasteiger partial charge in [-0.05, 0) is 13.0 Å². The molecule has 1 aromatic heterocycles. The third kappa shape index (κ3) is 4.08. The Kier molecular flexibility index (Phi) is 5.54. The molecule has 0 N–H and O–H groups in total. The van der Waals surface area contributed by atoms with Gasteiger partial charge in [0.1, 0.15) is 11.6 Å². The van der Waals surface area contributed by atoms with Crippen LogP contribution in [0.5, 0.6) is 5.75 Å². The lowest BCUT2D eigenvalue weighted by Crippen LogP contribution is -2.04. The third-order valence-corrected chi connectivity index (χ3v) is 3.76. The Morgan fingerprint density at radius 3 is 3.05 bits per heavy atom. The second kappa shape index (κ2) is 7.60. The molecule has 0 saturated carbocycles. The number of hydrogen-bond acceptors (Lipinski definition) is 6. The van der Waals surface area contributed by atoms with E-state index >= 15 is 0 Å². The SMILES string of the molecule is C=CCn1c(C)nnc1SCCOc1cccc([N+](=O)[O-])c1. The van der Waals surface area contributed by atoms with E-state index in [-0.39, 0.29) is 5.69 Å². The summed E-state index contributed by atoms with van der Waals surface area (Å²) < 4.78 is 7.49. The molecule has 2 aromatic rings. The number of nitro groups is 1. The molecule has 0 spiro atoms. The van der Waals surface area contributed by atoms with Crippen molar-refractivity contribution in [1.82, 2.24) is 14.8 Å². The van der Waals surface area contributed by atoms with Crippen LogP contribution in [-0.2, 0) is 6.54 Å². The van der Waals surface area contributed by atoms with Crippen LogP contribution in [0.1, 0.15) is 5.82 Å². The summed E-state index contributed by atoms with van der Waals surface area (Å²) in [6, 6.07) is 6.14. The van der Waals surface area contributed by atoms with Crippen LogP contribution in [-0.4, -0.2) is 32.0 Å². The van der Waals surface area contributed by atoms with E-state index in [2.05, 4.69) is 16.8 Å². The van der Waals surface area contributed by atoms with Crippen LogP contribution in [0.3, 0.4) is 0 Å². The number of hydrogen-bond donors (Lipinski definition) is 0. The fraction of sp³-hybridized carbons (Fsp3) is 0.286. The summed E-state index contributed by atoms with van der Waals surface area (Å²) in [7, 11) is 0. The minimum Gasteiger partial charge on any atom is -0.492 e. The molecule has 2 rings (SSSR count). The van der Waals surface area contributed by atoms with Crippen LogP contribution < -0.4 is 4.74 Å². The monoisotopic (exact) mass is 320 g/mol. The molecular formula is C14H16N4O3S. The average Bonchev–Trinajstić information content (AvgIpc) is 2.85. The molecule has 1 heterocycles. The maximum atomic E-state index is 10.7. The summed E-state index contributed by atoms with van der Waals surface area (Å²) in [6.07, 6.45) is 1.79. The molecular weight excluding hydrogens is 304 g/mol. The zero-order valence-corrected chi connectivity index (χ0v) is 13.0. The van der Waals surface area contributed by atoms with Crippen LogP contribution in [0.25, 0.3) is 0 Å². The number of rotatable bonds is 8. The Hall–Kier alpha value is -2.35. The van der Waals surface area contributed by atoms with Crippen LogP contribution >= 0.6 is 11.8 Å². The second-order valence-corrected chi connectivity index (χ2v) is 5.44. The van der Waals surface area contributed by atoms with Gasteiger partial charge in [0.15, 0.2) is 5.16 Å². The molecule has 116 valence electrons.